The molecule has 0 spiro atoms. The Bertz CT molecular complexity index is 1280. The standard InChI is InChI=1S/C39H59N3O5/c1-2-3-4-8-26-12-13-29(35(44)23-26)9-5-6-10-30-14-15-31(33-11-7-19-41-33)32-22-28(21-27-17-20-42-36(40)24-27)25-39(32,47)18-16-34(43)37(30)38(45)46/h7,11-13,17,19-20,24,26,28-32,34-35,37,41,43-44,47H,2-6,8-10,14-16,18,21-23,25H2,1H3,(H2,40,42)(H,45,46). The minimum absolute atomic E-state index is 0.00457. The Kier molecular flexibility index (Phi) is 12.6. The van der Waals surface area contributed by atoms with Crippen LogP contribution in [0.15, 0.2) is 48.8 Å². The van der Waals surface area contributed by atoms with Crippen LogP contribution in [0.2, 0.25) is 0 Å². The highest BCUT2D eigenvalue weighted by molar-refractivity contribution is 5.71. The molecule has 8 nitrogen and oxygen atoms in total. The first kappa shape index (κ1) is 35.6. The molecule has 2 saturated carbocycles. The van der Waals surface area contributed by atoms with Gasteiger partial charge in [0, 0.05) is 29.9 Å². The van der Waals surface area contributed by atoms with Gasteiger partial charge in [0.15, 0.2) is 0 Å². The van der Waals surface area contributed by atoms with Gasteiger partial charge in [0.1, 0.15) is 5.82 Å². The fourth-order valence-electron chi connectivity index (χ4n) is 9.49. The summed E-state index contributed by atoms with van der Waals surface area (Å²) in [6, 6.07) is 8.00. The highest BCUT2D eigenvalue weighted by atomic mass is 16.4. The van der Waals surface area contributed by atoms with Crippen molar-refractivity contribution in [1.29, 1.82) is 0 Å². The maximum atomic E-state index is 12.7. The fourth-order valence-corrected chi connectivity index (χ4v) is 9.49. The Morgan fingerprint density at radius 1 is 1.02 bits per heavy atom. The molecule has 8 heteroatoms. The van der Waals surface area contributed by atoms with Gasteiger partial charge in [0.25, 0.3) is 0 Å². The number of aromatic amines is 1. The van der Waals surface area contributed by atoms with Gasteiger partial charge in [-0.15, -0.1) is 0 Å². The number of hydrogen-bond acceptors (Lipinski definition) is 6. The zero-order valence-corrected chi connectivity index (χ0v) is 28.4. The van der Waals surface area contributed by atoms with Crippen LogP contribution in [0.5, 0.6) is 0 Å². The van der Waals surface area contributed by atoms with Gasteiger partial charge in [-0.05, 0) is 124 Å². The van der Waals surface area contributed by atoms with Crippen molar-refractivity contribution in [2.45, 2.75) is 133 Å². The lowest BCUT2D eigenvalue weighted by Crippen LogP contribution is -2.42. The molecule has 2 aromatic heterocycles. The first-order valence-electron chi connectivity index (χ1n) is 18.5. The van der Waals surface area contributed by atoms with Crippen molar-refractivity contribution in [1.82, 2.24) is 9.97 Å². The number of carboxylic acids is 1. The molecule has 260 valence electrons. The average molecular weight is 650 g/mol. The Balaban J connectivity index is 1.26. The van der Waals surface area contributed by atoms with Crippen LogP contribution in [0.4, 0.5) is 5.82 Å². The van der Waals surface area contributed by atoms with Crippen LogP contribution in [0.1, 0.15) is 120 Å². The molecule has 0 radical (unpaired) electrons. The molecule has 2 fully saturated rings. The van der Waals surface area contributed by atoms with Gasteiger partial charge in [-0.2, -0.15) is 0 Å². The lowest BCUT2D eigenvalue weighted by molar-refractivity contribution is -0.150. The van der Waals surface area contributed by atoms with Gasteiger partial charge in [0.05, 0.1) is 23.7 Å². The molecule has 0 saturated heterocycles. The number of nitrogens with zero attached hydrogens (tertiary/aromatic N) is 1. The average Bonchev–Trinajstić information content (AvgIpc) is 3.67. The first-order chi connectivity index (χ1) is 22.7. The van der Waals surface area contributed by atoms with Crippen LogP contribution in [0.3, 0.4) is 0 Å². The van der Waals surface area contributed by atoms with Crippen LogP contribution in [0.25, 0.3) is 0 Å². The van der Waals surface area contributed by atoms with Crippen LogP contribution in [-0.4, -0.2) is 54.2 Å². The van der Waals surface area contributed by atoms with E-state index >= 15 is 0 Å². The first-order valence-corrected chi connectivity index (χ1v) is 18.5. The number of allylic oxidation sites excluding steroid dienone is 1. The normalized spacial score (nSPS) is 34.6. The van der Waals surface area contributed by atoms with Gasteiger partial charge in [-0.25, -0.2) is 4.98 Å². The molecule has 3 aliphatic rings. The summed E-state index contributed by atoms with van der Waals surface area (Å²) < 4.78 is 0. The van der Waals surface area contributed by atoms with E-state index in [0.29, 0.717) is 31.0 Å². The Labute approximate surface area is 281 Å². The summed E-state index contributed by atoms with van der Waals surface area (Å²) in [5.41, 5.74) is 7.18. The molecule has 47 heavy (non-hydrogen) atoms. The number of unbranched alkanes of at least 4 members (excludes halogenated alkanes) is 3. The molecule has 10 unspecified atom stereocenters. The molecule has 0 bridgehead atoms. The van der Waals surface area contributed by atoms with E-state index in [1.807, 2.05) is 24.4 Å². The van der Waals surface area contributed by atoms with E-state index in [1.54, 1.807) is 6.20 Å². The smallest absolute Gasteiger partial charge is 0.309 e. The number of hydrogen-bond donors (Lipinski definition) is 6. The maximum Gasteiger partial charge on any atom is 0.309 e. The lowest BCUT2D eigenvalue weighted by atomic mass is 9.69. The number of anilines is 1. The minimum atomic E-state index is -1.00. The molecule has 0 amide bonds. The number of aliphatic hydroxyl groups excluding tert-OH is 2. The molecule has 5 rings (SSSR count). The number of H-pyrrole nitrogens is 1. The molecular weight excluding hydrogens is 590 g/mol. The van der Waals surface area contributed by atoms with Crippen molar-refractivity contribution in [3.05, 3.63) is 60.1 Å². The summed E-state index contributed by atoms with van der Waals surface area (Å²) in [6.07, 6.45) is 20.3. The quantitative estimate of drug-likeness (QED) is 0.101. The van der Waals surface area contributed by atoms with Crippen molar-refractivity contribution in [3.63, 3.8) is 0 Å². The van der Waals surface area contributed by atoms with E-state index in [1.165, 1.54) is 19.3 Å². The molecule has 0 aromatic carbocycles. The summed E-state index contributed by atoms with van der Waals surface area (Å²) in [5.74, 6) is -0.494. The SMILES string of the molecule is CCCCCC1C=CC(CCCCC2CCC(c3ccc[nH]3)C3CC(Cc4ccnc(N)c4)CC3(O)CCC(O)C2C(=O)O)C(O)C1. The Morgan fingerprint density at radius 2 is 1.83 bits per heavy atom. The van der Waals surface area contributed by atoms with E-state index in [2.05, 4.69) is 35.1 Å². The second kappa shape index (κ2) is 16.6. The highest BCUT2D eigenvalue weighted by Crippen LogP contribution is 2.53. The van der Waals surface area contributed by atoms with E-state index < -0.39 is 23.6 Å². The number of carbonyl (C=O) groups is 1. The number of nitrogen functional groups attached to an aromatic ring is 1. The number of nitrogens with one attached hydrogen (secondary N) is 1. The summed E-state index contributed by atoms with van der Waals surface area (Å²) in [5, 5.41) is 44.9. The van der Waals surface area contributed by atoms with Crippen molar-refractivity contribution >= 4 is 11.8 Å². The molecule has 0 aliphatic heterocycles. The monoisotopic (exact) mass is 649 g/mol. The maximum absolute atomic E-state index is 12.7. The minimum Gasteiger partial charge on any atom is -0.481 e. The number of carboxylic acid groups (broad SMARTS) is 1. The number of nitrogens with two attached hydrogens (primary N) is 1. The number of aliphatic hydroxyl groups is 3. The van der Waals surface area contributed by atoms with E-state index in [9.17, 15) is 25.2 Å². The van der Waals surface area contributed by atoms with Crippen molar-refractivity contribution in [3.8, 4) is 0 Å². The summed E-state index contributed by atoms with van der Waals surface area (Å²) in [7, 11) is 0. The van der Waals surface area contributed by atoms with Gasteiger partial charge < -0.3 is 31.1 Å². The van der Waals surface area contributed by atoms with E-state index in [4.69, 9.17) is 5.73 Å². The number of aliphatic carboxylic acids is 1. The zero-order valence-electron chi connectivity index (χ0n) is 28.4. The third-order valence-corrected chi connectivity index (χ3v) is 11.9. The lowest BCUT2D eigenvalue weighted by Gasteiger charge is -2.39. The third-order valence-electron chi connectivity index (χ3n) is 11.9. The van der Waals surface area contributed by atoms with E-state index in [-0.39, 0.29) is 42.1 Å². The fraction of sp³-hybridized carbons (Fsp3) is 0.692. The molecule has 2 heterocycles. The number of aromatic nitrogens is 2. The van der Waals surface area contributed by atoms with Gasteiger partial charge in [0.2, 0.25) is 0 Å². The van der Waals surface area contributed by atoms with Crippen LogP contribution in [-0.2, 0) is 11.2 Å². The molecule has 7 N–H and O–H groups in total. The van der Waals surface area contributed by atoms with Crippen molar-refractivity contribution in [2.75, 3.05) is 5.73 Å². The Morgan fingerprint density at radius 3 is 2.55 bits per heavy atom. The largest absolute Gasteiger partial charge is 0.481 e. The molecular formula is C39H59N3O5. The second-order valence-electron chi connectivity index (χ2n) is 15.2. The van der Waals surface area contributed by atoms with Crippen molar-refractivity contribution in [2.24, 2.45) is 35.5 Å². The predicted octanol–water partition coefficient (Wildman–Crippen LogP) is 7.02. The highest BCUT2D eigenvalue weighted by Gasteiger charge is 2.51. The number of fused-ring (bicyclic) bond motifs is 1. The summed E-state index contributed by atoms with van der Waals surface area (Å²) in [4.78, 5) is 20.3. The van der Waals surface area contributed by atoms with Gasteiger partial charge in [-0.1, -0.05) is 51.2 Å². The van der Waals surface area contributed by atoms with Gasteiger partial charge >= 0.3 is 5.97 Å². The van der Waals surface area contributed by atoms with Crippen LogP contribution >= 0.6 is 0 Å². The Hall–Kier alpha value is -2.68. The van der Waals surface area contributed by atoms with Crippen molar-refractivity contribution < 1.29 is 25.2 Å². The van der Waals surface area contributed by atoms with E-state index in [0.717, 1.165) is 69.0 Å². The molecule has 10 atom stereocenters. The third kappa shape index (κ3) is 9.27. The van der Waals surface area contributed by atoms with Gasteiger partial charge in [-0.3, -0.25) is 4.79 Å². The predicted molar refractivity (Wildman–Crippen MR) is 185 cm³/mol. The van der Waals surface area contributed by atoms with Crippen LogP contribution in [0, 0.1) is 35.5 Å². The molecule has 3 aliphatic carbocycles. The zero-order chi connectivity index (χ0) is 33.4. The number of pyridine rings is 1. The topological polar surface area (TPSA) is 153 Å². The molecule has 2 aromatic rings. The number of rotatable bonds is 13. The summed E-state index contributed by atoms with van der Waals surface area (Å²) >= 11 is 0. The second-order valence-corrected chi connectivity index (χ2v) is 15.2. The van der Waals surface area contributed by atoms with Crippen LogP contribution < -0.4 is 5.73 Å². The summed E-state index contributed by atoms with van der Waals surface area (Å²) in [6.45, 7) is 2.22.